The number of aliphatic hydroxyl groups is 11. The van der Waals surface area contributed by atoms with E-state index in [0.29, 0.717) is 12.8 Å². The highest BCUT2D eigenvalue weighted by Crippen LogP contribution is 2.38. The molecule has 0 aliphatic carbocycles. The van der Waals surface area contributed by atoms with Crippen LogP contribution in [0.25, 0.3) is 0 Å². The highest BCUT2D eigenvalue weighted by atomic mass is 16.8. The van der Waals surface area contributed by atoms with Crippen molar-refractivity contribution < 1.29 is 104 Å². The van der Waals surface area contributed by atoms with Crippen molar-refractivity contribution in [2.24, 2.45) is 0 Å². The fourth-order valence-electron chi connectivity index (χ4n) is 11.0. The van der Waals surface area contributed by atoms with E-state index < -0.39 is 155 Å². The van der Waals surface area contributed by atoms with Gasteiger partial charge in [0.1, 0.15) is 67.1 Å². The van der Waals surface area contributed by atoms with Crippen LogP contribution in [0.2, 0.25) is 0 Å². The Labute approximate surface area is 492 Å². The smallest absolute Gasteiger partial charge is 0.364 e. The van der Waals surface area contributed by atoms with Gasteiger partial charge in [0.05, 0.1) is 50.7 Å². The van der Waals surface area contributed by atoms with Gasteiger partial charge < -0.3 is 100 Å². The summed E-state index contributed by atoms with van der Waals surface area (Å²) in [7, 11) is 0. The Morgan fingerprint density at radius 1 is 0.614 bits per heavy atom. The van der Waals surface area contributed by atoms with E-state index in [9.17, 15) is 75.7 Å². The van der Waals surface area contributed by atoms with Gasteiger partial charge in [-0.05, 0) is 19.3 Å². The molecule has 0 saturated carbocycles. The second-order valence-corrected chi connectivity index (χ2v) is 23.1. The highest BCUT2D eigenvalue weighted by molar-refractivity contribution is 5.77. The highest BCUT2D eigenvalue weighted by Gasteiger charge is 2.60. The van der Waals surface area contributed by atoms with Gasteiger partial charge in [-0.1, -0.05) is 187 Å². The van der Waals surface area contributed by atoms with E-state index in [-0.39, 0.29) is 18.7 Å². The van der Waals surface area contributed by atoms with Crippen LogP contribution in [-0.4, -0.2) is 215 Å². The summed E-state index contributed by atoms with van der Waals surface area (Å²) in [6, 6.07) is -2.61. The van der Waals surface area contributed by atoms with Crippen molar-refractivity contribution >= 4 is 17.8 Å². The second kappa shape index (κ2) is 42.4. The minimum absolute atomic E-state index is 0.122. The summed E-state index contributed by atoms with van der Waals surface area (Å²) in [6.45, 7) is 2.52. The number of aliphatic carboxylic acids is 1. The number of carboxylic acid groups (broad SMARTS) is 1. The molecule has 0 aromatic rings. The molecule has 3 rings (SSSR count). The standard InChI is InChI=1S/C60H110N2O21/c1-4-7-9-11-13-15-17-19-20-22-24-26-28-30-32-34-47(70)61-40(41(66)33-31-29-27-25-23-21-18-16-14-12-10-8-5-2)39-78-57-52(74)51(73)54(45(38-65)80-57)81-58-53(75)56(50(72)44(37-64)79-58)83-60(59(76)77)35-42(67)48(62-46(69)6-3)55(82-60)49(71)43(68)36-63/h31,33,40-45,48-58,63-68,71-75H,4-30,32,34-39H2,1-3H3,(H,61,70)(H,62,69)(H,76,77)/b33-31+/t40-,41+,42-,43+,44+,45+,48+,49+,50-,51+,52+,53+,54+,55+,56-,57+,58-,60-/m0/s1. The molecule has 0 bridgehead atoms. The zero-order valence-corrected chi connectivity index (χ0v) is 50.1. The third kappa shape index (κ3) is 26.0. The van der Waals surface area contributed by atoms with E-state index in [2.05, 4.69) is 24.5 Å². The Bertz CT molecular complexity index is 1750. The number of ether oxygens (including phenoxy) is 6. The molecule has 3 aliphatic heterocycles. The Balaban J connectivity index is 1.67. The normalized spacial score (nSPS) is 30.0. The zero-order valence-electron chi connectivity index (χ0n) is 50.1. The average Bonchev–Trinajstić information content (AvgIpc) is 3.19. The van der Waals surface area contributed by atoms with E-state index in [1.807, 2.05) is 6.08 Å². The summed E-state index contributed by atoms with van der Waals surface area (Å²) in [6.07, 6.45) is 5.49. The Kier molecular flexibility index (Phi) is 38.1. The summed E-state index contributed by atoms with van der Waals surface area (Å²) in [4.78, 5) is 38.8. The lowest BCUT2D eigenvalue weighted by molar-refractivity contribution is -0.386. The molecule has 0 spiro atoms. The number of nitrogens with one attached hydrogen (secondary N) is 2. The molecule has 0 radical (unpaired) electrons. The number of hydrogen-bond donors (Lipinski definition) is 14. The van der Waals surface area contributed by atoms with Gasteiger partial charge in [0, 0.05) is 19.3 Å². The van der Waals surface area contributed by atoms with Gasteiger partial charge in [-0.2, -0.15) is 0 Å². The molecule has 18 atom stereocenters. The van der Waals surface area contributed by atoms with Crippen LogP contribution in [0.3, 0.4) is 0 Å². The minimum atomic E-state index is -3.08. The van der Waals surface area contributed by atoms with Crippen LogP contribution < -0.4 is 10.6 Å². The summed E-state index contributed by atoms with van der Waals surface area (Å²) in [5.41, 5.74) is 0. The molecule has 14 N–H and O–H groups in total. The van der Waals surface area contributed by atoms with Gasteiger partial charge in [-0.3, -0.25) is 9.59 Å². The maximum atomic E-state index is 13.4. The van der Waals surface area contributed by atoms with Gasteiger partial charge in [-0.15, -0.1) is 0 Å². The third-order valence-corrected chi connectivity index (χ3v) is 16.2. The first-order valence-corrected chi connectivity index (χ1v) is 31.6. The van der Waals surface area contributed by atoms with Crippen molar-refractivity contribution in [2.75, 3.05) is 26.4 Å². The SMILES string of the molecule is CCCCCCCCCCCCC/C=C/[C@@H](O)[C@H](CO[C@@H]1O[C@H](CO)[C@@H](O[C@@H]2O[C@H](CO)[C@H](O)[C@H](O[C@]3(C(=O)O)C[C@H](O)[C@@H](NC(=O)CC)[C@H]([C@H](O)[C@H](O)CO)O3)[C@H]2O)[C@H](O)[C@H]1O)NC(=O)CCCCCCCCCCCCCCCCC. The fourth-order valence-corrected chi connectivity index (χ4v) is 11.0. The maximum Gasteiger partial charge on any atom is 0.364 e. The summed E-state index contributed by atoms with van der Waals surface area (Å²) in [5.74, 6) is -6.05. The number of carboxylic acids is 1. The topological polar surface area (TPSA) is 373 Å². The van der Waals surface area contributed by atoms with Gasteiger partial charge in [0.25, 0.3) is 5.79 Å². The molecule has 3 saturated heterocycles. The van der Waals surface area contributed by atoms with Gasteiger partial charge in [0.2, 0.25) is 11.8 Å². The minimum Gasteiger partial charge on any atom is -0.477 e. The number of carbonyl (C=O) groups excluding carboxylic acids is 2. The van der Waals surface area contributed by atoms with Crippen molar-refractivity contribution in [3.63, 3.8) is 0 Å². The third-order valence-electron chi connectivity index (χ3n) is 16.2. The molecule has 83 heavy (non-hydrogen) atoms. The van der Waals surface area contributed by atoms with E-state index in [1.54, 1.807) is 6.08 Å². The molecule has 0 unspecified atom stereocenters. The number of amides is 2. The molecular weight excluding hydrogens is 1080 g/mol. The molecule has 0 aromatic carbocycles. The molecule has 23 heteroatoms. The Hall–Kier alpha value is -2.53. The number of allylic oxidation sites excluding steroid dienone is 1. The van der Waals surface area contributed by atoms with Crippen LogP contribution in [-0.2, 0) is 42.8 Å². The van der Waals surface area contributed by atoms with Crippen molar-refractivity contribution in [3.8, 4) is 0 Å². The van der Waals surface area contributed by atoms with Crippen LogP contribution >= 0.6 is 0 Å². The number of rotatable bonds is 46. The first-order chi connectivity index (χ1) is 39.9. The van der Waals surface area contributed by atoms with Crippen LogP contribution in [0.15, 0.2) is 12.2 Å². The van der Waals surface area contributed by atoms with E-state index in [1.165, 1.54) is 122 Å². The molecule has 0 aromatic heterocycles. The van der Waals surface area contributed by atoms with E-state index in [0.717, 1.165) is 44.9 Å². The Morgan fingerprint density at radius 3 is 1.61 bits per heavy atom. The van der Waals surface area contributed by atoms with Crippen LogP contribution in [0.1, 0.15) is 213 Å². The lowest BCUT2D eigenvalue weighted by atomic mass is 9.88. The predicted octanol–water partition coefficient (Wildman–Crippen LogP) is 3.56. The van der Waals surface area contributed by atoms with Crippen molar-refractivity contribution in [2.45, 2.75) is 323 Å². The number of carbonyl (C=O) groups is 3. The van der Waals surface area contributed by atoms with Crippen molar-refractivity contribution in [3.05, 3.63) is 12.2 Å². The lowest BCUT2D eigenvalue weighted by Crippen LogP contribution is -2.71. The van der Waals surface area contributed by atoms with E-state index >= 15 is 0 Å². The number of aliphatic hydroxyl groups excluding tert-OH is 11. The molecular formula is C60H110N2O21. The monoisotopic (exact) mass is 1190 g/mol. The quantitative estimate of drug-likeness (QED) is 0.0306. The Morgan fingerprint density at radius 2 is 1.12 bits per heavy atom. The molecule has 3 aliphatic rings. The maximum absolute atomic E-state index is 13.4. The van der Waals surface area contributed by atoms with Gasteiger partial charge in [-0.25, -0.2) is 4.79 Å². The molecule has 3 heterocycles. The number of unbranched alkanes of at least 4 members (excludes halogenated alkanes) is 25. The molecule has 2 amide bonds. The van der Waals surface area contributed by atoms with Crippen LogP contribution in [0.5, 0.6) is 0 Å². The summed E-state index contributed by atoms with van der Waals surface area (Å²) >= 11 is 0. The van der Waals surface area contributed by atoms with Gasteiger partial charge in [0.15, 0.2) is 12.6 Å². The second-order valence-electron chi connectivity index (χ2n) is 23.1. The summed E-state index contributed by atoms with van der Waals surface area (Å²) in [5, 5.41) is 136. The van der Waals surface area contributed by atoms with Crippen molar-refractivity contribution in [1.82, 2.24) is 10.6 Å². The summed E-state index contributed by atoms with van der Waals surface area (Å²) < 4.78 is 34.8. The first kappa shape index (κ1) is 74.7. The lowest BCUT2D eigenvalue weighted by Gasteiger charge is -2.50. The zero-order chi connectivity index (χ0) is 61.2. The first-order valence-electron chi connectivity index (χ1n) is 31.6. The van der Waals surface area contributed by atoms with Crippen molar-refractivity contribution in [1.29, 1.82) is 0 Å². The van der Waals surface area contributed by atoms with Crippen LogP contribution in [0.4, 0.5) is 0 Å². The average molecular weight is 1200 g/mol. The molecule has 23 nitrogen and oxygen atoms in total. The molecule has 3 fully saturated rings. The van der Waals surface area contributed by atoms with E-state index in [4.69, 9.17) is 28.4 Å². The van der Waals surface area contributed by atoms with Gasteiger partial charge >= 0.3 is 5.97 Å². The fraction of sp³-hybridized carbons (Fsp3) is 0.917. The van der Waals surface area contributed by atoms with Crippen LogP contribution in [0, 0.1) is 0 Å². The molecule has 486 valence electrons. The predicted molar refractivity (Wildman–Crippen MR) is 306 cm³/mol. The largest absolute Gasteiger partial charge is 0.477 e. The number of hydrogen-bond acceptors (Lipinski definition) is 20.